The third-order valence-electron chi connectivity index (χ3n) is 7.36. The zero-order chi connectivity index (χ0) is 28.2. The van der Waals surface area contributed by atoms with Crippen molar-refractivity contribution in [2.75, 3.05) is 18.0 Å². The first-order valence-electron chi connectivity index (χ1n) is 12.4. The van der Waals surface area contributed by atoms with Crippen molar-refractivity contribution in [3.8, 4) is 5.69 Å². The Morgan fingerprint density at radius 3 is 2.58 bits per heavy atom. The van der Waals surface area contributed by atoms with Gasteiger partial charge in [0.25, 0.3) is 0 Å². The van der Waals surface area contributed by atoms with Crippen molar-refractivity contribution in [3.05, 3.63) is 93.8 Å². The molecule has 2 aliphatic rings. The first kappa shape index (κ1) is 26.1. The summed E-state index contributed by atoms with van der Waals surface area (Å²) in [5, 5.41) is 6.68. The molecule has 7 nitrogen and oxygen atoms in total. The summed E-state index contributed by atoms with van der Waals surface area (Å²) >= 11 is 1.28. The molecule has 0 amide bonds. The number of hydrogen-bond acceptors (Lipinski definition) is 7. The fourth-order valence-electron chi connectivity index (χ4n) is 5.35. The van der Waals surface area contributed by atoms with Gasteiger partial charge in [-0.3, -0.25) is 14.6 Å². The van der Waals surface area contributed by atoms with Gasteiger partial charge in [0.05, 0.1) is 28.6 Å². The topological polar surface area (TPSA) is 81.0 Å². The van der Waals surface area contributed by atoms with Crippen LogP contribution in [-0.2, 0) is 12.6 Å². The highest BCUT2D eigenvalue weighted by Crippen LogP contribution is 2.47. The maximum absolute atomic E-state index is 14.2. The Morgan fingerprint density at radius 1 is 1.10 bits per heavy atom. The number of pyridine rings is 1. The normalized spacial score (nSPS) is 18.6. The molecule has 12 heteroatoms. The lowest BCUT2D eigenvalue weighted by atomic mass is 9.65. The number of carbonyl (C=O) groups is 2. The summed E-state index contributed by atoms with van der Waals surface area (Å²) in [7, 11) is 0. The number of thiazole rings is 1. The standard InChI is InChI=1S/C28H21F4N5O2S/c1-16(38)23-14-40-26(35-23)36-9-7-18-11-24-17(13-34-37(24)21-4-2-20(29)3-5-21)12-27(18,15-36)25(39)22-10-19(6-8-33-22)28(30,31)32/h2-6,8,10-11,13-14H,7,9,12,15H2,1H3. The third kappa shape index (κ3) is 4.41. The lowest BCUT2D eigenvalue weighted by Gasteiger charge is -2.45. The zero-order valence-electron chi connectivity index (χ0n) is 21.1. The number of ketones is 2. The summed E-state index contributed by atoms with van der Waals surface area (Å²) in [6, 6.07) is 7.48. The molecule has 3 aromatic heterocycles. The van der Waals surface area contributed by atoms with Crippen LogP contribution in [-0.4, -0.2) is 44.4 Å². The Labute approximate surface area is 229 Å². The van der Waals surface area contributed by atoms with E-state index in [0.717, 1.165) is 35.2 Å². The fraction of sp³-hybridized carbons (Fsp3) is 0.250. The molecule has 0 spiro atoms. The van der Waals surface area contributed by atoms with E-state index < -0.39 is 22.9 Å². The van der Waals surface area contributed by atoms with E-state index >= 15 is 0 Å². The monoisotopic (exact) mass is 567 g/mol. The highest BCUT2D eigenvalue weighted by atomic mass is 32.1. The van der Waals surface area contributed by atoms with Crippen LogP contribution in [0.3, 0.4) is 0 Å². The molecule has 6 rings (SSSR count). The van der Waals surface area contributed by atoms with E-state index in [9.17, 15) is 27.2 Å². The summed E-state index contributed by atoms with van der Waals surface area (Å²) in [5.74, 6) is -1.10. The summed E-state index contributed by atoms with van der Waals surface area (Å²) < 4.78 is 55.7. The van der Waals surface area contributed by atoms with Crippen LogP contribution in [0.4, 0.5) is 22.7 Å². The second kappa shape index (κ2) is 9.47. The van der Waals surface area contributed by atoms with Crippen molar-refractivity contribution in [3.63, 3.8) is 0 Å². The largest absolute Gasteiger partial charge is 0.416 e. The number of benzene rings is 1. The van der Waals surface area contributed by atoms with Gasteiger partial charge in [-0.1, -0.05) is 5.57 Å². The van der Waals surface area contributed by atoms with Gasteiger partial charge in [-0.05, 0) is 60.9 Å². The van der Waals surface area contributed by atoms with Gasteiger partial charge in [0, 0.05) is 31.6 Å². The van der Waals surface area contributed by atoms with Gasteiger partial charge in [-0.25, -0.2) is 14.1 Å². The maximum atomic E-state index is 14.2. The van der Waals surface area contributed by atoms with Crippen LogP contribution in [0.5, 0.6) is 0 Å². The Hall–Kier alpha value is -4.19. The van der Waals surface area contributed by atoms with E-state index in [1.165, 1.54) is 30.4 Å². The van der Waals surface area contributed by atoms with Gasteiger partial charge in [0.15, 0.2) is 16.7 Å². The van der Waals surface area contributed by atoms with Crippen LogP contribution in [0.25, 0.3) is 11.8 Å². The van der Waals surface area contributed by atoms with Gasteiger partial charge >= 0.3 is 6.18 Å². The molecule has 1 unspecified atom stereocenters. The number of piperidine rings is 1. The predicted molar refractivity (Wildman–Crippen MR) is 140 cm³/mol. The van der Waals surface area contributed by atoms with Crippen LogP contribution in [0.1, 0.15) is 51.1 Å². The summed E-state index contributed by atoms with van der Waals surface area (Å²) in [6.07, 6.45) is 0.448. The van der Waals surface area contributed by atoms with E-state index in [0.29, 0.717) is 29.5 Å². The van der Waals surface area contributed by atoms with Crippen molar-refractivity contribution in [1.29, 1.82) is 0 Å². The lowest BCUT2D eigenvalue weighted by molar-refractivity contribution is -0.137. The maximum Gasteiger partial charge on any atom is 0.416 e. The summed E-state index contributed by atoms with van der Waals surface area (Å²) in [5.41, 5.74) is 0.673. The molecular formula is C28H21F4N5O2S. The molecule has 204 valence electrons. The number of aromatic nitrogens is 4. The SMILES string of the molecule is CC(=O)c1csc(N2CCC3=Cc4c(cnn4-c4ccc(F)cc4)CC3(C(=O)c3cc(C(F)(F)F)ccn3)C2)n1. The molecule has 0 N–H and O–H groups in total. The molecule has 4 aromatic rings. The molecule has 1 atom stereocenters. The number of fused-ring (bicyclic) bond motifs is 2. The van der Waals surface area contributed by atoms with Gasteiger partial charge in [-0.15, -0.1) is 11.3 Å². The molecule has 0 bridgehead atoms. The van der Waals surface area contributed by atoms with Crippen LogP contribution >= 0.6 is 11.3 Å². The first-order chi connectivity index (χ1) is 19.0. The lowest BCUT2D eigenvalue weighted by Crippen LogP contribution is -2.52. The fourth-order valence-corrected chi connectivity index (χ4v) is 6.24. The Kier molecular flexibility index (Phi) is 6.17. The third-order valence-corrected chi connectivity index (χ3v) is 8.27. The average molecular weight is 568 g/mol. The van der Waals surface area contributed by atoms with Crippen LogP contribution in [0.15, 0.2) is 59.7 Å². The minimum Gasteiger partial charge on any atom is -0.346 e. The predicted octanol–water partition coefficient (Wildman–Crippen LogP) is 5.80. The Bertz CT molecular complexity index is 1670. The van der Waals surface area contributed by atoms with E-state index in [1.807, 2.05) is 11.0 Å². The molecule has 40 heavy (non-hydrogen) atoms. The Morgan fingerprint density at radius 2 is 1.88 bits per heavy atom. The van der Waals surface area contributed by atoms with Crippen LogP contribution in [0, 0.1) is 11.2 Å². The average Bonchev–Trinajstić information content (AvgIpc) is 3.59. The second-order valence-corrected chi connectivity index (χ2v) is 10.7. The van der Waals surface area contributed by atoms with Gasteiger partial charge in [0.2, 0.25) is 0 Å². The van der Waals surface area contributed by atoms with Gasteiger partial charge < -0.3 is 4.90 Å². The number of alkyl halides is 3. The molecule has 4 heterocycles. The van der Waals surface area contributed by atoms with Crippen LogP contribution < -0.4 is 4.90 Å². The second-order valence-electron chi connectivity index (χ2n) is 9.87. The highest BCUT2D eigenvalue weighted by Gasteiger charge is 2.50. The van der Waals surface area contributed by atoms with Crippen molar-refractivity contribution in [1.82, 2.24) is 19.7 Å². The number of hydrogen-bond donors (Lipinski definition) is 0. The van der Waals surface area contributed by atoms with Crippen molar-refractivity contribution in [2.24, 2.45) is 5.41 Å². The number of Topliss-reactive ketones (excluding diaryl/α,β-unsaturated/α-hetero) is 2. The molecule has 0 saturated carbocycles. The van der Waals surface area contributed by atoms with Crippen molar-refractivity contribution in [2.45, 2.75) is 25.9 Å². The number of rotatable bonds is 5. The van der Waals surface area contributed by atoms with Crippen molar-refractivity contribution < 1.29 is 27.2 Å². The molecule has 1 aliphatic carbocycles. The number of nitrogens with zero attached hydrogens (tertiary/aromatic N) is 5. The van der Waals surface area contributed by atoms with E-state index in [2.05, 4.69) is 15.1 Å². The molecule has 1 aliphatic heterocycles. The Balaban J connectivity index is 1.45. The van der Waals surface area contributed by atoms with E-state index in [-0.39, 0.29) is 30.3 Å². The molecule has 1 saturated heterocycles. The van der Waals surface area contributed by atoms with Crippen molar-refractivity contribution >= 4 is 34.1 Å². The zero-order valence-corrected chi connectivity index (χ0v) is 21.9. The molecule has 1 aromatic carbocycles. The van der Waals surface area contributed by atoms with Gasteiger partial charge in [-0.2, -0.15) is 18.3 Å². The first-order valence-corrected chi connectivity index (χ1v) is 13.3. The summed E-state index contributed by atoms with van der Waals surface area (Å²) in [4.78, 5) is 36.4. The molecule has 0 radical (unpaired) electrons. The summed E-state index contributed by atoms with van der Waals surface area (Å²) in [6.45, 7) is 2.05. The quantitative estimate of drug-likeness (QED) is 0.224. The molecule has 1 fully saturated rings. The number of halogens is 4. The van der Waals surface area contributed by atoms with Gasteiger partial charge in [0.1, 0.15) is 17.2 Å². The van der Waals surface area contributed by atoms with E-state index in [1.54, 1.807) is 28.4 Å². The number of carbonyl (C=O) groups excluding carboxylic acids is 2. The minimum absolute atomic E-state index is 0.140. The smallest absolute Gasteiger partial charge is 0.346 e. The molecular weight excluding hydrogens is 546 g/mol. The van der Waals surface area contributed by atoms with Crippen LogP contribution in [0.2, 0.25) is 0 Å². The van der Waals surface area contributed by atoms with E-state index in [4.69, 9.17) is 0 Å². The minimum atomic E-state index is -4.63. The highest BCUT2D eigenvalue weighted by molar-refractivity contribution is 7.13. The number of anilines is 1.